The van der Waals surface area contributed by atoms with Crippen molar-refractivity contribution in [1.82, 2.24) is 0 Å². The van der Waals surface area contributed by atoms with Gasteiger partial charge in [-0.15, -0.1) is 0 Å². The maximum Gasteiger partial charge on any atom is 0.168 e. The Morgan fingerprint density at radius 3 is 2.32 bits per heavy atom. The van der Waals surface area contributed by atoms with Crippen LogP contribution < -0.4 is 4.74 Å². The molecule has 0 aliphatic carbocycles. The van der Waals surface area contributed by atoms with Gasteiger partial charge in [0.25, 0.3) is 0 Å². The smallest absolute Gasteiger partial charge is 0.168 e. The van der Waals surface area contributed by atoms with Gasteiger partial charge in [0.15, 0.2) is 5.78 Å². The quantitative estimate of drug-likeness (QED) is 0.630. The highest BCUT2D eigenvalue weighted by atomic mass is 19.1. The van der Waals surface area contributed by atoms with Crippen molar-refractivity contribution in [1.29, 1.82) is 0 Å². The normalized spacial score (nSPS) is 11.7. The molecule has 0 spiro atoms. The van der Waals surface area contributed by atoms with Crippen LogP contribution in [0.1, 0.15) is 50.5 Å². The summed E-state index contributed by atoms with van der Waals surface area (Å²) in [6.45, 7) is 9.93. The van der Waals surface area contributed by atoms with Gasteiger partial charge in [0.2, 0.25) is 0 Å². The first-order valence-corrected chi connectivity index (χ1v) is 8.65. The van der Waals surface area contributed by atoms with Gasteiger partial charge in [0, 0.05) is 16.5 Å². The second-order valence-electron chi connectivity index (χ2n) is 7.90. The molecule has 2 aromatic carbocycles. The molecule has 134 valence electrons. The molecule has 0 atom stereocenters. The van der Waals surface area contributed by atoms with E-state index in [2.05, 4.69) is 13.8 Å². The minimum Gasteiger partial charge on any atom is -0.497 e. The van der Waals surface area contributed by atoms with Crippen LogP contribution in [-0.4, -0.2) is 12.9 Å². The van der Waals surface area contributed by atoms with Crippen LogP contribution in [0.5, 0.6) is 5.75 Å². The number of ketones is 1. The number of methoxy groups -OCH3 is 1. The van der Waals surface area contributed by atoms with Crippen LogP contribution in [-0.2, 0) is 6.42 Å². The Hall–Kier alpha value is -2.16. The van der Waals surface area contributed by atoms with E-state index in [0.717, 1.165) is 12.0 Å². The first-order valence-electron chi connectivity index (χ1n) is 8.65. The average molecular weight is 342 g/mol. The van der Waals surface area contributed by atoms with Crippen LogP contribution >= 0.6 is 0 Å². The molecule has 0 saturated heterocycles. The van der Waals surface area contributed by atoms with Gasteiger partial charge < -0.3 is 4.74 Å². The molecule has 0 N–H and O–H groups in total. The first-order chi connectivity index (χ1) is 11.6. The fourth-order valence-corrected chi connectivity index (χ4v) is 2.85. The van der Waals surface area contributed by atoms with E-state index >= 15 is 0 Å². The summed E-state index contributed by atoms with van der Waals surface area (Å²) >= 11 is 0. The Labute approximate surface area is 150 Å². The lowest BCUT2D eigenvalue weighted by atomic mass is 9.82. The number of rotatable bonds is 5. The topological polar surface area (TPSA) is 26.3 Å². The zero-order valence-electron chi connectivity index (χ0n) is 15.9. The molecule has 0 amide bonds. The second kappa shape index (κ2) is 7.38. The van der Waals surface area contributed by atoms with E-state index in [4.69, 9.17) is 4.74 Å². The summed E-state index contributed by atoms with van der Waals surface area (Å²) in [4.78, 5) is 13.0. The number of benzene rings is 2. The van der Waals surface area contributed by atoms with Crippen LogP contribution in [0.15, 0.2) is 36.4 Å². The summed E-state index contributed by atoms with van der Waals surface area (Å²) in [5.41, 5.74) is 2.12. The third-order valence-corrected chi connectivity index (χ3v) is 4.12. The lowest BCUT2D eigenvalue weighted by Crippen LogP contribution is -2.21. The number of carbonyl (C=O) groups excluding carboxylic acids is 1. The number of hydrogen-bond donors (Lipinski definition) is 0. The van der Waals surface area contributed by atoms with Crippen LogP contribution in [0.4, 0.5) is 4.39 Å². The zero-order chi connectivity index (χ0) is 18.8. The minimum absolute atomic E-state index is 0.00956. The molecule has 2 rings (SSSR count). The maximum absolute atomic E-state index is 14.5. The van der Waals surface area contributed by atoms with Gasteiger partial charge in [-0.25, -0.2) is 4.39 Å². The molecule has 0 unspecified atom stereocenters. The maximum atomic E-state index is 14.5. The first kappa shape index (κ1) is 19.2. The Morgan fingerprint density at radius 1 is 1.08 bits per heavy atom. The zero-order valence-corrected chi connectivity index (χ0v) is 15.9. The predicted molar refractivity (Wildman–Crippen MR) is 101 cm³/mol. The highest BCUT2D eigenvalue weighted by Gasteiger charge is 2.26. The lowest BCUT2D eigenvalue weighted by molar-refractivity contribution is 0.0859. The van der Waals surface area contributed by atoms with E-state index < -0.39 is 5.41 Å². The van der Waals surface area contributed by atoms with Crippen LogP contribution in [0.25, 0.3) is 11.1 Å². The summed E-state index contributed by atoms with van der Waals surface area (Å²) < 4.78 is 19.7. The molecule has 0 fully saturated rings. The van der Waals surface area contributed by atoms with E-state index in [-0.39, 0.29) is 11.6 Å². The monoisotopic (exact) mass is 342 g/mol. The van der Waals surface area contributed by atoms with Crippen molar-refractivity contribution < 1.29 is 13.9 Å². The molecular formula is C22H27FO2. The van der Waals surface area contributed by atoms with Crippen molar-refractivity contribution in [3.8, 4) is 16.9 Å². The van der Waals surface area contributed by atoms with E-state index in [1.165, 1.54) is 6.07 Å². The Kier molecular flexibility index (Phi) is 5.66. The molecule has 2 nitrogen and oxygen atoms in total. The van der Waals surface area contributed by atoms with Gasteiger partial charge in [0.1, 0.15) is 11.6 Å². The molecule has 0 heterocycles. The molecule has 0 saturated carbocycles. The SMILES string of the molecule is COc1ccc(F)c(-c2ccc(CC(C)C)cc2C(=O)C(C)(C)C)c1. The Morgan fingerprint density at radius 2 is 1.76 bits per heavy atom. The minimum atomic E-state index is -0.541. The summed E-state index contributed by atoms with van der Waals surface area (Å²) in [6.07, 6.45) is 0.880. The number of Topliss-reactive ketones (excluding diaryl/α,β-unsaturated/α-hetero) is 1. The van der Waals surface area contributed by atoms with Gasteiger partial charge >= 0.3 is 0 Å². The summed E-state index contributed by atoms with van der Waals surface area (Å²) in [5.74, 6) is 0.699. The van der Waals surface area contributed by atoms with Gasteiger partial charge in [-0.3, -0.25) is 4.79 Å². The second-order valence-corrected chi connectivity index (χ2v) is 7.90. The molecule has 0 radical (unpaired) electrons. The summed E-state index contributed by atoms with van der Waals surface area (Å²) in [7, 11) is 1.55. The largest absolute Gasteiger partial charge is 0.497 e. The Balaban J connectivity index is 2.66. The molecule has 25 heavy (non-hydrogen) atoms. The van der Waals surface area contributed by atoms with Crippen molar-refractivity contribution in [3.05, 3.63) is 53.3 Å². The van der Waals surface area contributed by atoms with Crippen molar-refractivity contribution in [2.45, 2.75) is 41.0 Å². The van der Waals surface area contributed by atoms with E-state index in [1.807, 2.05) is 39.0 Å². The predicted octanol–water partition coefficient (Wildman–Crippen LogP) is 5.93. The number of hydrogen-bond acceptors (Lipinski definition) is 2. The van der Waals surface area contributed by atoms with Crippen LogP contribution in [0.2, 0.25) is 0 Å². The third-order valence-electron chi connectivity index (χ3n) is 4.12. The number of ether oxygens (including phenoxy) is 1. The third kappa shape index (κ3) is 4.47. The lowest BCUT2D eigenvalue weighted by Gasteiger charge is -2.21. The van der Waals surface area contributed by atoms with E-state index in [0.29, 0.717) is 28.4 Å². The van der Waals surface area contributed by atoms with Gasteiger partial charge in [0.05, 0.1) is 7.11 Å². The summed E-state index contributed by atoms with van der Waals surface area (Å²) in [6, 6.07) is 10.4. The molecular weight excluding hydrogens is 315 g/mol. The molecule has 2 aromatic rings. The fraction of sp³-hybridized carbons (Fsp3) is 0.409. The highest BCUT2D eigenvalue weighted by molar-refractivity contribution is 6.05. The highest BCUT2D eigenvalue weighted by Crippen LogP contribution is 2.34. The van der Waals surface area contributed by atoms with E-state index in [9.17, 15) is 9.18 Å². The van der Waals surface area contributed by atoms with Crippen molar-refractivity contribution in [3.63, 3.8) is 0 Å². The van der Waals surface area contributed by atoms with Gasteiger partial charge in [-0.2, -0.15) is 0 Å². The van der Waals surface area contributed by atoms with Crippen molar-refractivity contribution in [2.24, 2.45) is 11.3 Å². The van der Waals surface area contributed by atoms with Gasteiger partial charge in [-0.1, -0.05) is 46.8 Å². The molecule has 3 heteroatoms. The number of halogens is 1. The van der Waals surface area contributed by atoms with Gasteiger partial charge in [-0.05, 0) is 47.7 Å². The number of carbonyl (C=O) groups is 1. The molecule has 0 aromatic heterocycles. The average Bonchev–Trinajstić information content (AvgIpc) is 2.53. The molecule has 0 aliphatic rings. The van der Waals surface area contributed by atoms with Crippen molar-refractivity contribution >= 4 is 5.78 Å². The van der Waals surface area contributed by atoms with Crippen LogP contribution in [0.3, 0.4) is 0 Å². The van der Waals surface area contributed by atoms with E-state index in [1.54, 1.807) is 19.2 Å². The summed E-state index contributed by atoms with van der Waals surface area (Å²) in [5, 5.41) is 0. The molecule has 0 bridgehead atoms. The molecule has 0 aliphatic heterocycles. The fourth-order valence-electron chi connectivity index (χ4n) is 2.85. The van der Waals surface area contributed by atoms with Crippen molar-refractivity contribution in [2.75, 3.05) is 7.11 Å². The Bertz CT molecular complexity index is 770. The standard InChI is InChI=1S/C22H27FO2/c1-14(2)11-15-7-9-17(19(12-15)21(24)22(3,4)5)18-13-16(25-6)8-10-20(18)23/h7-10,12-14H,11H2,1-6H3. The van der Waals surface area contributed by atoms with Crippen LogP contribution in [0, 0.1) is 17.2 Å².